The number of carbonyl (C=O) groups is 1. The number of hydrogen-bond acceptors (Lipinski definition) is 2. The summed E-state index contributed by atoms with van der Waals surface area (Å²) in [4.78, 5) is 15.8. The number of benzene rings is 1. The van der Waals surface area contributed by atoms with Crippen molar-refractivity contribution in [1.82, 2.24) is 4.98 Å². The van der Waals surface area contributed by atoms with E-state index in [1.165, 1.54) is 0 Å². The van der Waals surface area contributed by atoms with Crippen LogP contribution in [-0.2, 0) is 0 Å². The lowest BCUT2D eigenvalue weighted by molar-refractivity contribution is 0.102. The van der Waals surface area contributed by atoms with Crippen LogP contribution in [0, 0.1) is 0 Å². The molecular formula is C12H9ClN2O. The van der Waals surface area contributed by atoms with Crippen molar-refractivity contribution < 1.29 is 4.79 Å². The number of carbonyl (C=O) groups excluding carboxylic acids is 1. The predicted octanol–water partition coefficient (Wildman–Crippen LogP) is 2.99. The van der Waals surface area contributed by atoms with Crippen molar-refractivity contribution in [1.29, 1.82) is 0 Å². The lowest BCUT2D eigenvalue weighted by Crippen LogP contribution is -2.12. The van der Waals surface area contributed by atoms with E-state index in [0.717, 1.165) is 0 Å². The van der Waals surface area contributed by atoms with E-state index in [0.29, 0.717) is 16.4 Å². The van der Waals surface area contributed by atoms with Gasteiger partial charge in [-0.15, -0.1) is 0 Å². The van der Waals surface area contributed by atoms with Gasteiger partial charge < -0.3 is 5.32 Å². The molecule has 1 amide bonds. The van der Waals surface area contributed by atoms with Gasteiger partial charge >= 0.3 is 0 Å². The maximum Gasteiger partial charge on any atom is 0.256 e. The number of aromatic nitrogens is 1. The normalized spacial score (nSPS) is 9.81. The third kappa shape index (κ3) is 2.58. The molecule has 80 valence electrons. The molecule has 0 saturated carbocycles. The van der Waals surface area contributed by atoms with Crippen molar-refractivity contribution in [2.45, 2.75) is 0 Å². The molecule has 16 heavy (non-hydrogen) atoms. The van der Waals surface area contributed by atoms with Gasteiger partial charge in [0.15, 0.2) is 0 Å². The lowest BCUT2D eigenvalue weighted by atomic mass is 10.2. The standard InChI is InChI=1S/C12H9ClN2O/c13-10-5-3-4-9(8-10)12(16)15-11-6-1-2-7-14-11/h1-8H,(H,14,15,16). The minimum Gasteiger partial charge on any atom is -0.307 e. The SMILES string of the molecule is O=C(Nc1ccccn1)c1cccc(Cl)c1. The first-order chi connectivity index (χ1) is 7.75. The van der Waals surface area contributed by atoms with Crippen molar-refractivity contribution in [3.05, 3.63) is 59.2 Å². The molecule has 0 atom stereocenters. The van der Waals surface area contributed by atoms with Gasteiger partial charge in [0.1, 0.15) is 5.82 Å². The van der Waals surface area contributed by atoms with Gasteiger partial charge in [-0.25, -0.2) is 4.98 Å². The summed E-state index contributed by atoms with van der Waals surface area (Å²) in [5.74, 6) is 0.300. The Morgan fingerprint density at radius 1 is 1.19 bits per heavy atom. The average Bonchev–Trinajstić information content (AvgIpc) is 2.30. The third-order valence-electron chi connectivity index (χ3n) is 1.99. The van der Waals surface area contributed by atoms with Crippen LogP contribution in [0.25, 0.3) is 0 Å². The summed E-state index contributed by atoms with van der Waals surface area (Å²) in [5, 5.41) is 3.21. The van der Waals surface area contributed by atoms with E-state index < -0.39 is 0 Å². The molecule has 1 heterocycles. The molecule has 1 aromatic carbocycles. The minimum absolute atomic E-state index is 0.221. The summed E-state index contributed by atoms with van der Waals surface area (Å²) in [6.45, 7) is 0. The Labute approximate surface area is 98.1 Å². The second kappa shape index (κ2) is 4.77. The van der Waals surface area contributed by atoms with Crippen LogP contribution in [0.15, 0.2) is 48.7 Å². The van der Waals surface area contributed by atoms with Crippen molar-refractivity contribution in [2.24, 2.45) is 0 Å². The van der Waals surface area contributed by atoms with Gasteiger partial charge in [-0.1, -0.05) is 23.7 Å². The van der Waals surface area contributed by atoms with Crippen molar-refractivity contribution >= 4 is 23.3 Å². The van der Waals surface area contributed by atoms with Gasteiger partial charge in [0, 0.05) is 16.8 Å². The fourth-order valence-corrected chi connectivity index (χ4v) is 1.45. The van der Waals surface area contributed by atoms with Crippen molar-refractivity contribution in [2.75, 3.05) is 5.32 Å². The topological polar surface area (TPSA) is 42.0 Å². The summed E-state index contributed by atoms with van der Waals surface area (Å²) in [6, 6.07) is 12.1. The molecule has 0 aliphatic heterocycles. The number of anilines is 1. The number of nitrogens with zero attached hydrogens (tertiary/aromatic N) is 1. The summed E-state index contributed by atoms with van der Waals surface area (Å²) in [7, 11) is 0. The first kappa shape index (κ1) is 10.6. The Morgan fingerprint density at radius 3 is 2.75 bits per heavy atom. The predicted molar refractivity (Wildman–Crippen MR) is 63.6 cm³/mol. The van der Waals surface area contributed by atoms with Crippen LogP contribution in [0.2, 0.25) is 5.02 Å². The average molecular weight is 233 g/mol. The highest BCUT2D eigenvalue weighted by Gasteiger charge is 2.06. The molecule has 0 saturated heterocycles. The molecule has 0 unspecified atom stereocenters. The van der Waals surface area contributed by atoms with Crippen LogP contribution in [0.5, 0.6) is 0 Å². The number of amides is 1. The summed E-state index contributed by atoms with van der Waals surface area (Å²) >= 11 is 5.80. The maximum atomic E-state index is 11.8. The molecule has 2 rings (SSSR count). The van der Waals surface area contributed by atoms with Crippen LogP contribution >= 0.6 is 11.6 Å². The molecule has 0 aliphatic carbocycles. The lowest BCUT2D eigenvalue weighted by Gasteiger charge is -2.03. The number of rotatable bonds is 2. The fourth-order valence-electron chi connectivity index (χ4n) is 1.25. The van der Waals surface area contributed by atoms with E-state index in [4.69, 9.17) is 11.6 Å². The Hall–Kier alpha value is -1.87. The molecule has 1 aromatic heterocycles. The van der Waals surface area contributed by atoms with E-state index in [9.17, 15) is 4.79 Å². The van der Waals surface area contributed by atoms with Crippen molar-refractivity contribution in [3.8, 4) is 0 Å². The van der Waals surface area contributed by atoms with Gasteiger partial charge in [0.05, 0.1) is 0 Å². The summed E-state index contributed by atoms with van der Waals surface area (Å²) in [5.41, 5.74) is 0.512. The molecule has 4 heteroatoms. The second-order valence-electron chi connectivity index (χ2n) is 3.18. The Balaban J connectivity index is 2.15. The van der Waals surface area contributed by atoms with E-state index >= 15 is 0 Å². The largest absolute Gasteiger partial charge is 0.307 e. The van der Waals surface area contributed by atoms with Gasteiger partial charge in [-0.2, -0.15) is 0 Å². The van der Waals surface area contributed by atoms with E-state index in [-0.39, 0.29) is 5.91 Å². The Morgan fingerprint density at radius 2 is 2.06 bits per heavy atom. The van der Waals surface area contributed by atoms with Gasteiger partial charge in [0.2, 0.25) is 0 Å². The number of nitrogens with one attached hydrogen (secondary N) is 1. The first-order valence-corrected chi connectivity index (χ1v) is 5.11. The van der Waals surface area contributed by atoms with Crippen LogP contribution in [0.1, 0.15) is 10.4 Å². The summed E-state index contributed by atoms with van der Waals surface area (Å²) in [6.07, 6.45) is 1.62. The first-order valence-electron chi connectivity index (χ1n) is 4.73. The second-order valence-corrected chi connectivity index (χ2v) is 3.62. The molecule has 0 fully saturated rings. The zero-order chi connectivity index (χ0) is 11.4. The fraction of sp³-hybridized carbons (Fsp3) is 0. The molecular weight excluding hydrogens is 224 g/mol. The number of halogens is 1. The number of pyridine rings is 1. The van der Waals surface area contributed by atoms with Gasteiger partial charge in [-0.3, -0.25) is 4.79 Å². The molecule has 2 aromatic rings. The molecule has 0 radical (unpaired) electrons. The molecule has 1 N–H and O–H groups in total. The van der Waals surface area contributed by atoms with E-state index in [1.807, 2.05) is 0 Å². The maximum absolute atomic E-state index is 11.8. The smallest absolute Gasteiger partial charge is 0.256 e. The van der Waals surface area contributed by atoms with Crippen molar-refractivity contribution in [3.63, 3.8) is 0 Å². The Kier molecular flexibility index (Phi) is 3.17. The van der Waals surface area contributed by atoms with E-state index in [2.05, 4.69) is 10.3 Å². The molecule has 0 aliphatic rings. The minimum atomic E-state index is -0.221. The van der Waals surface area contributed by atoms with Crippen LogP contribution in [0.4, 0.5) is 5.82 Å². The monoisotopic (exact) mass is 232 g/mol. The number of hydrogen-bond donors (Lipinski definition) is 1. The molecule has 0 spiro atoms. The Bertz CT molecular complexity index is 499. The zero-order valence-electron chi connectivity index (χ0n) is 8.35. The van der Waals surface area contributed by atoms with Gasteiger partial charge in [-0.05, 0) is 30.3 Å². The third-order valence-corrected chi connectivity index (χ3v) is 2.23. The van der Waals surface area contributed by atoms with Gasteiger partial charge in [0.25, 0.3) is 5.91 Å². The van der Waals surface area contributed by atoms with E-state index in [1.54, 1.807) is 48.7 Å². The van der Waals surface area contributed by atoms with Crippen LogP contribution in [-0.4, -0.2) is 10.9 Å². The highest BCUT2D eigenvalue weighted by atomic mass is 35.5. The zero-order valence-corrected chi connectivity index (χ0v) is 9.11. The molecule has 0 bridgehead atoms. The van der Waals surface area contributed by atoms with Crippen LogP contribution in [0.3, 0.4) is 0 Å². The summed E-state index contributed by atoms with van der Waals surface area (Å²) < 4.78 is 0. The quantitative estimate of drug-likeness (QED) is 0.865. The molecule has 3 nitrogen and oxygen atoms in total. The van der Waals surface area contributed by atoms with Crippen LogP contribution < -0.4 is 5.32 Å². The highest BCUT2D eigenvalue weighted by Crippen LogP contribution is 2.12. The highest BCUT2D eigenvalue weighted by molar-refractivity contribution is 6.31.